The fourth-order valence-corrected chi connectivity index (χ4v) is 2.66. The van der Waals surface area contributed by atoms with Crippen LogP contribution in [0.4, 0.5) is 0 Å². The summed E-state index contributed by atoms with van der Waals surface area (Å²) in [5.41, 5.74) is 0. The largest absolute Gasteiger partial charge is 0.475 e. The smallest absolute Gasteiger partial charge is 0.371 e. The molecule has 1 N–H and O–H groups in total. The molecule has 0 fully saturated rings. The molecule has 5 nitrogen and oxygen atoms in total. The number of carboxylic acid groups (broad SMARTS) is 1. The van der Waals surface area contributed by atoms with Gasteiger partial charge in [-0.2, -0.15) is 0 Å². The van der Waals surface area contributed by atoms with Crippen LogP contribution < -0.4 is 0 Å². The highest BCUT2D eigenvalue weighted by atomic mass is 32.2. The van der Waals surface area contributed by atoms with Crippen LogP contribution >= 0.6 is 11.8 Å². The molecule has 0 aliphatic heterocycles. The molecule has 0 aliphatic rings. The van der Waals surface area contributed by atoms with Crippen molar-refractivity contribution in [3.8, 4) is 0 Å². The van der Waals surface area contributed by atoms with E-state index in [2.05, 4.69) is 0 Å². The summed E-state index contributed by atoms with van der Waals surface area (Å²) in [4.78, 5) is 10.5. The first-order valence-corrected chi connectivity index (χ1v) is 7.57. The van der Waals surface area contributed by atoms with Crippen LogP contribution in [0.1, 0.15) is 17.0 Å². The van der Waals surface area contributed by atoms with Crippen LogP contribution in [-0.4, -0.2) is 37.3 Å². The summed E-state index contributed by atoms with van der Waals surface area (Å²) in [6.45, 7) is 0. The van der Waals surface area contributed by atoms with Crippen molar-refractivity contribution in [1.29, 1.82) is 0 Å². The summed E-state index contributed by atoms with van der Waals surface area (Å²) < 4.78 is 26.6. The van der Waals surface area contributed by atoms with Crippen LogP contribution in [0.25, 0.3) is 0 Å². The molecule has 0 saturated heterocycles. The van der Waals surface area contributed by atoms with Gasteiger partial charge < -0.3 is 9.52 Å². The summed E-state index contributed by atoms with van der Waals surface area (Å²) in [5, 5.41) is 9.09. The first-order valence-electron chi connectivity index (χ1n) is 4.52. The third kappa shape index (κ3) is 4.71. The molecule has 0 spiro atoms. The van der Waals surface area contributed by atoms with Crippen molar-refractivity contribution in [2.45, 2.75) is 11.5 Å². The maximum Gasteiger partial charge on any atom is 0.371 e. The second-order valence-corrected chi connectivity index (χ2v) is 6.61. The van der Waals surface area contributed by atoms with Gasteiger partial charge in [-0.15, -0.1) is 0 Å². The Bertz CT molecular complexity index is 460. The fourth-order valence-electron chi connectivity index (χ4n) is 1.01. The number of carboxylic acids is 1. The summed E-state index contributed by atoms with van der Waals surface area (Å²) in [6, 6.07) is 2.94. The van der Waals surface area contributed by atoms with E-state index < -0.39 is 15.8 Å². The number of sulfone groups is 1. The van der Waals surface area contributed by atoms with E-state index in [1.54, 1.807) is 6.07 Å². The molecule has 1 aromatic rings. The zero-order valence-corrected chi connectivity index (χ0v) is 10.3. The third-order valence-electron chi connectivity index (χ3n) is 1.70. The van der Waals surface area contributed by atoms with Crippen molar-refractivity contribution in [2.75, 3.05) is 17.8 Å². The minimum absolute atomic E-state index is 0.106. The van der Waals surface area contributed by atoms with Crippen molar-refractivity contribution in [2.24, 2.45) is 0 Å². The minimum Gasteiger partial charge on any atom is -0.475 e. The van der Waals surface area contributed by atoms with Crippen LogP contribution in [-0.2, 0) is 9.84 Å². The number of rotatable bonds is 6. The summed E-state index contributed by atoms with van der Waals surface area (Å²) in [7, 11) is -2.92. The normalized spacial score (nSPS) is 11.6. The highest BCUT2D eigenvalue weighted by Gasteiger charge is 2.09. The maximum atomic E-state index is 10.8. The molecule has 0 amide bonds. The van der Waals surface area contributed by atoms with E-state index in [1.807, 2.05) is 0 Å². The quantitative estimate of drug-likeness (QED) is 0.619. The van der Waals surface area contributed by atoms with Crippen molar-refractivity contribution in [1.82, 2.24) is 0 Å². The molecule has 0 saturated carbocycles. The SMILES string of the molecule is CS(=O)(=O)CCCSc1ccc(C(=O)O)o1. The monoisotopic (exact) mass is 264 g/mol. The number of thioether (sulfide) groups is 1. The third-order valence-corrected chi connectivity index (χ3v) is 3.72. The lowest BCUT2D eigenvalue weighted by molar-refractivity contribution is 0.0656. The summed E-state index contributed by atoms with van der Waals surface area (Å²) in [6.07, 6.45) is 1.71. The summed E-state index contributed by atoms with van der Waals surface area (Å²) >= 11 is 1.30. The Morgan fingerprint density at radius 1 is 1.50 bits per heavy atom. The number of hydrogen-bond donors (Lipinski definition) is 1. The van der Waals surface area contributed by atoms with Gasteiger partial charge in [-0.05, 0) is 18.6 Å². The Morgan fingerprint density at radius 2 is 2.19 bits per heavy atom. The van der Waals surface area contributed by atoms with E-state index in [0.29, 0.717) is 17.3 Å². The van der Waals surface area contributed by atoms with Gasteiger partial charge in [-0.25, -0.2) is 13.2 Å². The Morgan fingerprint density at radius 3 is 2.69 bits per heavy atom. The summed E-state index contributed by atoms with van der Waals surface area (Å²) in [5.74, 6) is -0.500. The fraction of sp³-hybridized carbons (Fsp3) is 0.444. The molecule has 0 unspecified atom stereocenters. The molecule has 0 aliphatic carbocycles. The predicted molar refractivity (Wildman–Crippen MR) is 60.7 cm³/mol. The lowest BCUT2D eigenvalue weighted by Gasteiger charge is -1.97. The molecule has 16 heavy (non-hydrogen) atoms. The lowest BCUT2D eigenvalue weighted by atomic mass is 10.5. The van der Waals surface area contributed by atoms with Crippen molar-refractivity contribution >= 4 is 27.6 Å². The van der Waals surface area contributed by atoms with Gasteiger partial charge in [-0.1, -0.05) is 11.8 Å². The van der Waals surface area contributed by atoms with Gasteiger partial charge in [0.1, 0.15) is 9.84 Å². The average molecular weight is 264 g/mol. The maximum absolute atomic E-state index is 10.8. The van der Waals surface area contributed by atoms with Crippen LogP contribution in [0.3, 0.4) is 0 Å². The van der Waals surface area contributed by atoms with Gasteiger partial charge in [0, 0.05) is 12.0 Å². The lowest BCUT2D eigenvalue weighted by Crippen LogP contribution is -2.03. The number of carbonyl (C=O) groups is 1. The van der Waals surface area contributed by atoms with E-state index in [1.165, 1.54) is 24.1 Å². The van der Waals surface area contributed by atoms with E-state index in [4.69, 9.17) is 9.52 Å². The predicted octanol–water partition coefficient (Wildman–Crippen LogP) is 1.50. The number of furan rings is 1. The van der Waals surface area contributed by atoms with Crippen LogP contribution in [0.15, 0.2) is 21.6 Å². The molecule has 1 heterocycles. The first-order chi connectivity index (χ1) is 7.38. The van der Waals surface area contributed by atoms with Crippen LogP contribution in [0.2, 0.25) is 0 Å². The van der Waals surface area contributed by atoms with Gasteiger partial charge in [0.05, 0.1) is 5.75 Å². The van der Waals surface area contributed by atoms with E-state index in [-0.39, 0.29) is 11.5 Å². The highest BCUT2D eigenvalue weighted by Crippen LogP contribution is 2.21. The minimum atomic E-state index is -2.92. The second-order valence-electron chi connectivity index (χ2n) is 3.26. The molecular formula is C9H12O5S2. The number of aromatic carboxylic acids is 1. The molecule has 0 aromatic carbocycles. The first kappa shape index (κ1) is 13.1. The number of hydrogen-bond acceptors (Lipinski definition) is 5. The van der Waals surface area contributed by atoms with Crippen molar-refractivity contribution in [3.63, 3.8) is 0 Å². The Kier molecular flexibility index (Phi) is 4.43. The van der Waals surface area contributed by atoms with Gasteiger partial charge in [0.15, 0.2) is 5.09 Å². The second kappa shape index (κ2) is 5.40. The van der Waals surface area contributed by atoms with Gasteiger partial charge in [0.25, 0.3) is 0 Å². The van der Waals surface area contributed by atoms with E-state index >= 15 is 0 Å². The molecule has 1 aromatic heterocycles. The average Bonchev–Trinajstić information content (AvgIpc) is 2.59. The molecular weight excluding hydrogens is 252 g/mol. The molecule has 0 atom stereocenters. The van der Waals surface area contributed by atoms with Gasteiger partial charge in [-0.3, -0.25) is 0 Å². The van der Waals surface area contributed by atoms with E-state index in [9.17, 15) is 13.2 Å². The standard InChI is InChI=1S/C9H12O5S2/c1-16(12,13)6-2-5-15-8-4-3-7(14-8)9(10)11/h3-4H,2,5-6H2,1H3,(H,10,11). The molecule has 1 rings (SSSR count). The molecule has 90 valence electrons. The van der Waals surface area contributed by atoms with Gasteiger partial charge in [0.2, 0.25) is 5.76 Å². The van der Waals surface area contributed by atoms with E-state index in [0.717, 1.165) is 0 Å². The topological polar surface area (TPSA) is 84.6 Å². The molecule has 0 bridgehead atoms. The Hall–Kier alpha value is -0.950. The molecule has 0 radical (unpaired) electrons. The van der Waals surface area contributed by atoms with Gasteiger partial charge >= 0.3 is 5.97 Å². The van der Waals surface area contributed by atoms with Crippen LogP contribution in [0, 0.1) is 0 Å². The van der Waals surface area contributed by atoms with Crippen molar-refractivity contribution in [3.05, 3.63) is 17.9 Å². The van der Waals surface area contributed by atoms with Crippen LogP contribution in [0.5, 0.6) is 0 Å². The highest BCUT2D eigenvalue weighted by molar-refractivity contribution is 7.99. The zero-order valence-electron chi connectivity index (χ0n) is 8.67. The molecule has 7 heteroatoms. The Balaban J connectivity index is 2.35. The Labute approximate surface area is 97.8 Å². The zero-order chi connectivity index (χ0) is 12.2. The van der Waals surface area contributed by atoms with Crippen molar-refractivity contribution < 1.29 is 22.7 Å².